The molecule has 2 N–H and O–H groups in total. The molecule has 0 aliphatic heterocycles. The lowest BCUT2D eigenvalue weighted by Crippen LogP contribution is -2.30. The first-order valence-corrected chi connectivity index (χ1v) is 5.43. The van der Waals surface area contributed by atoms with Crippen molar-refractivity contribution in [3.63, 3.8) is 0 Å². The van der Waals surface area contributed by atoms with Crippen LogP contribution in [0.2, 0.25) is 5.02 Å². The second-order valence-corrected chi connectivity index (χ2v) is 3.48. The van der Waals surface area contributed by atoms with Crippen molar-refractivity contribution < 1.29 is 19.5 Å². The van der Waals surface area contributed by atoms with Gasteiger partial charge in [-0.2, -0.15) is 0 Å². The van der Waals surface area contributed by atoms with Crippen molar-refractivity contribution in [2.45, 2.75) is 13.8 Å². The lowest BCUT2D eigenvalue weighted by molar-refractivity contribution is 0.288. The fourth-order valence-electron chi connectivity index (χ4n) is 1.28. The van der Waals surface area contributed by atoms with Crippen LogP contribution < -0.4 is 14.9 Å². The normalized spacial score (nSPS) is 10.1. The van der Waals surface area contributed by atoms with Gasteiger partial charge in [-0.05, 0) is 31.4 Å². The van der Waals surface area contributed by atoms with E-state index in [-0.39, 0.29) is 5.46 Å². The van der Waals surface area contributed by atoms with Crippen molar-refractivity contribution in [1.82, 2.24) is 0 Å². The van der Waals surface area contributed by atoms with Gasteiger partial charge in [0, 0.05) is 0 Å². The molecule has 0 atom stereocenters. The summed E-state index contributed by atoms with van der Waals surface area (Å²) in [7, 11) is -1.58. The van der Waals surface area contributed by atoms with E-state index in [1.165, 1.54) is 12.1 Å². The van der Waals surface area contributed by atoms with Crippen LogP contribution in [0.5, 0.6) is 11.5 Å². The lowest BCUT2D eigenvalue weighted by Gasteiger charge is -2.14. The fraction of sp³-hybridized carbons (Fsp3) is 0.400. The number of hydrogen-bond acceptors (Lipinski definition) is 4. The molecule has 0 saturated heterocycles. The quantitative estimate of drug-likeness (QED) is 0.753. The van der Waals surface area contributed by atoms with E-state index in [9.17, 15) is 0 Å². The zero-order valence-corrected chi connectivity index (χ0v) is 9.99. The van der Waals surface area contributed by atoms with Crippen LogP contribution in [0.1, 0.15) is 13.8 Å². The number of ether oxygens (including phenoxy) is 2. The molecule has 0 unspecified atom stereocenters. The maximum absolute atomic E-state index is 9.06. The molecule has 0 spiro atoms. The molecule has 1 aromatic carbocycles. The maximum Gasteiger partial charge on any atom is 0.488 e. The molecular formula is C10H14BClO4. The van der Waals surface area contributed by atoms with E-state index in [0.717, 1.165) is 0 Å². The first-order chi connectivity index (χ1) is 7.60. The fourth-order valence-corrected chi connectivity index (χ4v) is 1.56. The van der Waals surface area contributed by atoms with Gasteiger partial charge in [-0.1, -0.05) is 11.6 Å². The molecule has 0 radical (unpaired) electrons. The molecule has 0 fully saturated rings. The average Bonchev–Trinajstić information content (AvgIpc) is 2.23. The molecule has 0 heterocycles. The van der Waals surface area contributed by atoms with Crippen LogP contribution in [-0.4, -0.2) is 30.4 Å². The highest BCUT2D eigenvalue weighted by molar-refractivity contribution is 6.59. The van der Waals surface area contributed by atoms with Gasteiger partial charge < -0.3 is 19.5 Å². The third-order valence-corrected chi connectivity index (χ3v) is 2.20. The Hall–Kier alpha value is -0.905. The van der Waals surface area contributed by atoms with Crippen molar-refractivity contribution >= 4 is 24.2 Å². The van der Waals surface area contributed by atoms with E-state index in [0.29, 0.717) is 29.7 Å². The van der Waals surface area contributed by atoms with Gasteiger partial charge in [0.1, 0.15) is 0 Å². The maximum atomic E-state index is 9.06. The van der Waals surface area contributed by atoms with Crippen LogP contribution in [0.25, 0.3) is 0 Å². The second kappa shape index (κ2) is 5.99. The van der Waals surface area contributed by atoms with E-state index in [1.54, 1.807) is 0 Å². The Bertz CT molecular complexity index is 357. The largest absolute Gasteiger partial charge is 0.490 e. The smallest absolute Gasteiger partial charge is 0.488 e. The Morgan fingerprint density at radius 3 is 2.31 bits per heavy atom. The molecule has 1 aromatic rings. The Labute approximate surface area is 99.9 Å². The zero-order valence-electron chi connectivity index (χ0n) is 9.24. The highest BCUT2D eigenvalue weighted by atomic mass is 35.5. The molecule has 0 aliphatic rings. The SMILES string of the molecule is CCOc1cc(B(O)O)cc(Cl)c1OCC. The molecule has 0 amide bonds. The van der Waals surface area contributed by atoms with Gasteiger partial charge in [0.2, 0.25) is 0 Å². The van der Waals surface area contributed by atoms with E-state index in [4.69, 9.17) is 31.1 Å². The van der Waals surface area contributed by atoms with Gasteiger partial charge in [0.15, 0.2) is 11.5 Å². The van der Waals surface area contributed by atoms with Gasteiger partial charge >= 0.3 is 7.12 Å². The summed E-state index contributed by atoms with van der Waals surface area (Å²) in [6.45, 7) is 4.56. The first-order valence-electron chi connectivity index (χ1n) is 5.05. The van der Waals surface area contributed by atoms with Crippen LogP contribution >= 0.6 is 11.6 Å². The third-order valence-electron chi connectivity index (χ3n) is 1.92. The Morgan fingerprint density at radius 2 is 1.81 bits per heavy atom. The van der Waals surface area contributed by atoms with Gasteiger partial charge in [0.25, 0.3) is 0 Å². The zero-order chi connectivity index (χ0) is 12.1. The standard InChI is InChI=1S/C10H14BClO4/c1-3-15-9-6-7(11(13)14)5-8(12)10(9)16-4-2/h5-6,13-14H,3-4H2,1-2H3. The van der Waals surface area contributed by atoms with Crippen molar-refractivity contribution in [3.8, 4) is 11.5 Å². The molecule has 1 rings (SSSR count). The number of rotatable bonds is 5. The monoisotopic (exact) mass is 244 g/mol. The average molecular weight is 244 g/mol. The van der Waals surface area contributed by atoms with Gasteiger partial charge in [-0.3, -0.25) is 0 Å². The van der Waals surface area contributed by atoms with E-state index >= 15 is 0 Å². The molecule has 16 heavy (non-hydrogen) atoms. The predicted molar refractivity (Wildman–Crippen MR) is 63.6 cm³/mol. The van der Waals surface area contributed by atoms with E-state index < -0.39 is 7.12 Å². The van der Waals surface area contributed by atoms with E-state index in [2.05, 4.69) is 0 Å². The summed E-state index contributed by atoms with van der Waals surface area (Å²) in [6.07, 6.45) is 0. The molecule has 0 aliphatic carbocycles. The van der Waals surface area contributed by atoms with E-state index in [1.807, 2.05) is 13.8 Å². The highest BCUT2D eigenvalue weighted by Gasteiger charge is 2.18. The lowest BCUT2D eigenvalue weighted by atomic mass is 9.80. The summed E-state index contributed by atoms with van der Waals surface area (Å²) in [5.41, 5.74) is 0.275. The molecule has 88 valence electrons. The first kappa shape index (κ1) is 13.2. The summed E-state index contributed by atoms with van der Waals surface area (Å²) in [5, 5.41) is 18.4. The Morgan fingerprint density at radius 1 is 1.19 bits per heavy atom. The highest BCUT2D eigenvalue weighted by Crippen LogP contribution is 2.34. The van der Waals surface area contributed by atoms with Crippen LogP contribution in [0, 0.1) is 0 Å². The van der Waals surface area contributed by atoms with Crippen LogP contribution in [-0.2, 0) is 0 Å². The summed E-state index contributed by atoms with van der Waals surface area (Å²) < 4.78 is 10.7. The number of halogens is 1. The molecule has 0 bridgehead atoms. The van der Waals surface area contributed by atoms with Crippen LogP contribution in [0.4, 0.5) is 0 Å². The molecule has 6 heteroatoms. The minimum absolute atomic E-state index is 0.275. The van der Waals surface area contributed by atoms with Crippen LogP contribution in [0.3, 0.4) is 0 Å². The molecular weight excluding hydrogens is 230 g/mol. The Kier molecular flexibility index (Phi) is 4.92. The Balaban J connectivity index is 3.16. The van der Waals surface area contributed by atoms with Crippen molar-refractivity contribution in [2.24, 2.45) is 0 Å². The van der Waals surface area contributed by atoms with Gasteiger partial charge in [-0.15, -0.1) is 0 Å². The minimum atomic E-state index is -1.58. The second-order valence-electron chi connectivity index (χ2n) is 3.07. The summed E-state index contributed by atoms with van der Waals surface area (Å²) in [6, 6.07) is 2.95. The van der Waals surface area contributed by atoms with Crippen molar-refractivity contribution in [3.05, 3.63) is 17.2 Å². The van der Waals surface area contributed by atoms with Gasteiger partial charge in [-0.25, -0.2) is 0 Å². The summed E-state index contributed by atoms with van der Waals surface area (Å²) >= 11 is 5.97. The predicted octanol–water partition coefficient (Wildman–Crippen LogP) is 0.817. The third kappa shape index (κ3) is 3.04. The topological polar surface area (TPSA) is 58.9 Å². The van der Waals surface area contributed by atoms with Crippen LogP contribution in [0.15, 0.2) is 12.1 Å². The number of benzene rings is 1. The number of hydrogen-bond donors (Lipinski definition) is 2. The summed E-state index contributed by atoms with van der Waals surface area (Å²) in [4.78, 5) is 0. The van der Waals surface area contributed by atoms with Gasteiger partial charge in [0.05, 0.1) is 18.2 Å². The minimum Gasteiger partial charge on any atom is -0.490 e. The molecule has 0 aromatic heterocycles. The van der Waals surface area contributed by atoms with Crippen molar-refractivity contribution in [1.29, 1.82) is 0 Å². The molecule has 0 saturated carbocycles. The summed E-state index contributed by atoms with van der Waals surface area (Å²) in [5.74, 6) is 0.843. The molecule has 4 nitrogen and oxygen atoms in total. The van der Waals surface area contributed by atoms with Crippen molar-refractivity contribution in [2.75, 3.05) is 13.2 Å².